The second-order valence-electron chi connectivity index (χ2n) is 6.09. The van der Waals surface area contributed by atoms with E-state index in [1.54, 1.807) is 12.1 Å². The SMILES string of the molecule is Cc1ccc(S(=O)(=O)CC(N)C2CCCCC2)cc1C. The van der Waals surface area contributed by atoms with Crippen molar-refractivity contribution in [2.75, 3.05) is 5.75 Å². The second kappa shape index (κ2) is 6.27. The van der Waals surface area contributed by atoms with E-state index in [9.17, 15) is 8.42 Å². The van der Waals surface area contributed by atoms with E-state index in [-0.39, 0.29) is 11.8 Å². The van der Waals surface area contributed by atoms with Crippen LogP contribution in [0.5, 0.6) is 0 Å². The Labute approximate surface area is 122 Å². The van der Waals surface area contributed by atoms with Crippen LogP contribution in [0.2, 0.25) is 0 Å². The molecule has 1 fully saturated rings. The summed E-state index contributed by atoms with van der Waals surface area (Å²) >= 11 is 0. The largest absolute Gasteiger partial charge is 0.327 e. The Morgan fingerprint density at radius 3 is 2.40 bits per heavy atom. The molecule has 1 aromatic rings. The quantitative estimate of drug-likeness (QED) is 0.929. The fraction of sp³-hybridized carbons (Fsp3) is 0.625. The zero-order valence-corrected chi connectivity index (χ0v) is 13.2. The van der Waals surface area contributed by atoms with Gasteiger partial charge in [0, 0.05) is 6.04 Å². The molecule has 0 radical (unpaired) electrons. The van der Waals surface area contributed by atoms with E-state index in [1.165, 1.54) is 19.3 Å². The predicted octanol–water partition coefficient (Wildman–Crippen LogP) is 2.98. The third-order valence-corrected chi connectivity index (χ3v) is 6.30. The van der Waals surface area contributed by atoms with E-state index in [0.717, 1.165) is 24.0 Å². The molecule has 20 heavy (non-hydrogen) atoms. The summed E-state index contributed by atoms with van der Waals surface area (Å²) in [5, 5.41) is 0. The zero-order chi connectivity index (χ0) is 14.8. The molecule has 0 saturated heterocycles. The summed E-state index contributed by atoms with van der Waals surface area (Å²) in [4.78, 5) is 0.409. The molecule has 4 heteroatoms. The lowest BCUT2D eigenvalue weighted by Crippen LogP contribution is -2.38. The molecule has 1 unspecified atom stereocenters. The Hall–Kier alpha value is -0.870. The van der Waals surface area contributed by atoms with Crippen LogP contribution in [-0.4, -0.2) is 20.2 Å². The predicted molar refractivity (Wildman–Crippen MR) is 82.5 cm³/mol. The minimum atomic E-state index is -3.27. The van der Waals surface area contributed by atoms with Gasteiger partial charge in [-0.3, -0.25) is 0 Å². The van der Waals surface area contributed by atoms with Crippen molar-refractivity contribution in [1.82, 2.24) is 0 Å². The highest BCUT2D eigenvalue weighted by Crippen LogP contribution is 2.27. The van der Waals surface area contributed by atoms with Crippen molar-refractivity contribution in [3.05, 3.63) is 29.3 Å². The molecule has 0 spiro atoms. The molecule has 1 aromatic carbocycles. The van der Waals surface area contributed by atoms with E-state index in [2.05, 4.69) is 0 Å². The van der Waals surface area contributed by atoms with Crippen molar-refractivity contribution in [3.8, 4) is 0 Å². The molecule has 0 amide bonds. The highest BCUT2D eigenvalue weighted by atomic mass is 32.2. The maximum absolute atomic E-state index is 12.5. The van der Waals surface area contributed by atoms with Crippen LogP contribution in [0.4, 0.5) is 0 Å². The molecule has 1 saturated carbocycles. The molecular formula is C16H25NO2S. The van der Waals surface area contributed by atoms with E-state index < -0.39 is 9.84 Å². The molecule has 0 aromatic heterocycles. The highest BCUT2D eigenvalue weighted by molar-refractivity contribution is 7.91. The maximum Gasteiger partial charge on any atom is 0.179 e. The van der Waals surface area contributed by atoms with Crippen molar-refractivity contribution >= 4 is 9.84 Å². The zero-order valence-electron chi connectivity index (χ0n) is 12.4. The van der Waals surface area contributed by atoms with Gasteiger partial charge < -0.3 is 5.73 Å². The van der Waals surface area contributed by atoms with Gasteiger partial charge >= 0.3 is 0 Å². The fourth-order valence-electron chi connectivity index (χ4n) is 2.96. The molecule has 0 bridgehead atoms. The molecule has 1 aliphatic rings. The van der Waals surface area contributed by atoms with Crippen LogP contribution in [0.3, 0.4) is 0 Å². The van der Waals surface area contributed by atoms with Crippen molar-refractivity contribution in [2.24, 2.45) is 11.7 Å². The van der Waals surface area contributed by atoms with Crippen LogP contribution in [0.15, 0.2) is 23.1 Å². The Morgan fingerprint density at radius 2 is 1.80 bits per heavy atom. The van der Waals surface area contributed by atoms with Crippen LogP contribution in [0.25, 0.3) is 0 Å². The first-order valence-corrected chi connectivity index (χ1v) is 9.11. The number of nitrogens with two attached hydrogens (primary N) is 1. The summed E-state index contributed by atoms with van der Waals surface area (Å²) in [6, 6.07) is 5.10. The smallest absolute Gasteiger partial charge is 0.179 e. The van der Waals surface area contributed by atoms with Crippen LogP contribution >= 0.6 is 0 Å². The molecule has 1 aliphatic carbocycles. The van der Waals surface area contributed by atoms with Crippen LogP contribution in [0.1, 0.15) is 43.2 Å². The molecule has 112 valence electrons. The van der Waals surface area contributed by atoms with E-state index >= 15 is 0 Å². The van der Waals surface area contributed by atoms with Crippen LogP contribution in [0, 0.1) is 19.8 Å². The Morgan fingerprint density at radius 1 is 1.15 bits per heavy atom. The van der Waals surface area contributed by atoms with Crippen LogP contribution in [-0.2, 0) is 9.84 Å². The number of benzene rings is 1. The third kappa shape index (κ3) is 3.61. The number of rotatable bonds is 4. The van der Waals surface area contributed by atoms with Gasteiger partial charge in [0.1, 0.15) is 0 Å². The average molecular weight is 295 g/mol. The van der Waals surface area contributed by atoms with Gasteiger partial charge in [-0.25, -0.2) is 8.42 Å². The second-order valence-corrected chi connectivity index (χ2v) is 8.12. The third-order valence-electron chi connectivity index (χ3n) is 4.50. The molecule has 3 nitrogen and oxygen atoms in total. The Balaban J connectivity index is 2.11. The Kier molecular flexibility index (Phi) is 4.86. The molecule has 0 heterocycles. The standard InChI is InChI=1S/C16H25NO2S/c1-12-8-9-15(10-13(12)2)20(18,19)11-16(17)14-6-4-3-5-7-14/h8-10,14,16H,3-7,11,17H2,1-2H3. The van der Waals surface area contributed by atoms with E-state index in [1.807, 2.05) is 19.9 Å². The number of sulfone groups is 1. The number of hydrogen-bond donors (Lipinski definition) is 1. The highest BCUT2D eigenvalue weighted by Gasteiger charge is 2.26. The van der Waals surface area contributed by atoms with Crippen molar-refractivity contribution in [1.29, 1.82) is 0 Å². The normalized spacial score (nSPS) is 18.9. The summed E-state index contributed by atoms with van der Waals surface area (Å²) < 4.78 is 24.9. The summed E-state index contributed by atoms with van der Waals surface area (Å²) in [7, 11) is -3.27. The molecule has 1 atom stereocenters. The van der Waals surface area contributed by atoms with Gasteiger partial charge in [-0.15, -0.1) is 0 Å². The average Bonchev–Trinajstić information content (AvgIpc) is 2.42. The minimum Gasteiger partial charge on any atom is -0.327 e. The lowest BCUT2D eigenvalue weighted by atomic mass is 9.85. The lowest BCUT2D eigenvalue weighted by Gasteiger charge is -2.27. The van der Waals surface area contributed by atoms with Gasteiger partial charge in [-0.1, -0.05) is 25.3 Å². The molecule has 2 N–H and O–H groups in total. The Bertz CT molecular complexity index is 560. The van der Waals surface area contributed by atoms with Crippen molar-refractivity contribution < 1.29 is 8.42 Å². The number of aryl methyl sites for hydroxylation is 2. The summed E-state index contributed by atoms with van der Waals surface area (Å²) in [6.45, 7) is 3.93. The van der Waals surface area contributed by atoms with Gasteiger partial charge in [0.2, 0.25) is 0 Å². The van der Waals surface area contributed by atoms with Gasteiger partial charge in [-0.05, 0) is 55.9 Å². The molecule has 2 rings (SSSR count). The minimum absolute atomic E-state index is 0.0696. The van der Waals surface area contributed by atoms with Gasteiger partial charge in [0.05, 0.1) is 10.6 Å². The van der Waals surface area contributed by atoms with E-state index in [4.69, 9.17) is 5.73 Å². The maximum atomic E-state index is 12.5. The summed E-state index contributed by atoms with van der Waals surface area (Å²) in [5.41, 5.74) is 8.28. The molecular weight excluding hydrogens is 270 g/mol. The monoisotopic (exact) mass is 295 g/mol. The first kappa shape index (κ1) is 15.5. The van der Waals surface area contributed by atoms with Crippen LogP contribution < -0.4 is 5.73 Å². The van der Waals surface area contributed by atoms with Crippen molar-refractivity contribution in [2.45, 2.75) is 56.9 Å². The first-order valence-electron chi connectivity index (χ1n) is 7.46. The van der Waals surface area contributed by atoms with E-state index in [0.29, 0.717) is 10.8 Å². The topological polar surface area (TPSA) is 60.2 Å². The lowest BCUT2D eigenvalue weighted by molar-refractivity contribution is 0.317. The molecule has 0 aliphatic heterocycles. The van der Waals surface area contributed by atoms with Crippen molar-refractivity contribution in [3.63, 3.8) is 0 Å². The summed E-state index contributed by atoms with van der Waals surface area (Å²) in [6.07, 6.45) is 5.77. The number of hydrogen-bond acceptors (Lipinski definition) is 3. The fourth-order valence-corrected chi connectivity index (χ4v) is 4.56. The summed E-state index contributed by atoms with van der Waals surface area (Å²) in [5.74, 6) is 0.435. The first-order chi connectivity index (χ1) is 9.40. The van der Waals surface area contributed by atoms with Gasteiger partial charge in [0.15, 0.2) is 9.84 Å². The van der Waals surface area contributed by atoms with Gasteiger partial charge in [-0.2, -0.15) is 0 Å². The van der Waals surface area contributed by atoms with Gasteiger partial charge in [0.25, 0.3) is 0 Å².